The quantitative estimate of drug-likeness (QED) is 0.570. The Morgan fingerprint density at radius 2 is 1.43 bits per heavy atom. The molecule has 23 heavy (non-hydrogen) atoms. The van der Waals surface area contributed by atoms with Crippen molar-refractivity contribution in [2.45, 2.75) is 0 Å². The van der Waals surface area contributed by atoms with Gasteiger partial charge in [-0.25, -0.2) is 4.79 Å². The SMILES string of the molecule is COC(=O)c1occ(-c2ccc(Cl)cc2)c1-c1ccc(Cl)cc1. The van der Waals surface area contributed by atoms with Crippen LogP contribution in [0.25, 0.3) is 22.3 Å². The van der Waals surface area contributed by atoms with Crippen LogP contribution in [0.3, 0.4) is 0 Å². The molecule has 2 aromatic carbocycles. The standard InChI is InChI=1S/C18H12Cl2O3/c1-22-18(21)17-16(12-4-8-14(20)9-5-12)15(10-23-17)11-2-6-13(19)7-3-11/h2-10H,1H3. The average molecular weight is 347 g/mol. The fourth-order valence-electron chi connectivity index (χ4n) is 2.35. The molecule has 0 bridgehead atoms. The molecule has 0 aliphatic carbocycles. The number of esters is 1. The lowest BCUT2D eigenvalue weighted by atomic mass is 9.97. The van der Waals surface area contributed by atoms with Crippen LogP contribution in [0.4, 0.5) is 0 Å². The van der Waals surface area contributed by atoms with Crippen molar-refractivity contribution in [3.05, 3.63) is 70.6 Å². The highest BCUT2D eigenvalue weighted by atomic mass is 35.5. The second-order valence-electron chi connectivity index (χ2n) is 4.86. The minimum absolute atomic E-state index is 0.153. The fourth-order valence-corrected chi connectivity index (χ4v) is 2.60. The van der Waals surface area contributed by atoms with Gasteiger partial charge in [-0.15, -0.1) is 0 Å². The number of hydrogen-bond donors (Lipinski definition) is 0. The molecule has 0 spiro atoms. The Morgan fingerprint density at radius 1 is 0.913 bits per heavy atom. The van der Waals surface area contributed by atoms with Crippen molar-refractivity contribution in [3.63, 3.8) is 0 Å². The molecule has 0 unspecified atom stereocenters. The Hall–Kier alpha value is -2.23. The number of furan rings is 1. The van der Waals surface area contributed by atoms with Gasteiger partial charge in [0.2, 0.25) is 5.76 Å². The highest BCUT2D eigenvalue weighted by Gasteiger charge is 2.23. The predicted octanol–water partition coefficient (Wildman–Crippen LogP) is 5.71. The Morgan fingerprint density at radius 3 is 1.96 bits per heavy atom. The number of ether oxygens (including phenoxy) is 1. The van der Waals surface area contributed by atoms with E-state index in [4.69, 9.17) is 32.4 Å². The van der Waals surface area contributed by atoms with E-state index in [-0.39, 0.29) is 5.76 Å². The van der Waals surface area contributed by atoms with Gasteiger partial charge in [0.25, 0.3) is 0 Å². The minimum atomic E-state index is -0.532. The molecule has 3 aromatic rings. The van der Waals surface area contributed by atoms with Crippen LogP contribution >= 0.6 is 23.2 Å². The third-order valence-corrected chi connectivity index (χ3v) is 3.95. The van der Waals surface area contributed by atoms with Gasteiger partial charge in [0.1, 0.15) is 6.26 Å². The summed E-state index contributed by atoms with van der Waals surface area (Å²) in [6.07, 6.45) is 1.54. The largest absolute Gasteiger partial charge is 0.463 e. The fraction of sp³-hybridized carbons (Fsp3) is 0.0556. The summed E-state index contributed by atoms with van der Waals surface area (Å²) in [6.45, 7) is 0. The molecule has 0 fully saturated rings. The Kier molecular flexibility index (Phi) is 4.42. The van der Waals surface area contributed by atoms with Gasteiger partial charge < -0.3 is 9.15 Å². The van der Waals surface area contributed by atoms with Crippen LogP contribution in [0.5, 0.6) is 0 Å². The molecule has 0 aliphatic rings. The van der Waals surface area contributed by atoms with Gasteiger partial charge in [0.05, 0.1) is 7.11 Å². The van der Waals surface area contributed by atoms with Gasteiger partial charge in [-0.2, -0.15) is 0 Å². The average Bonchev–Trinajstić information content (AvgIpc) is 3.00. The summed E-state index contributed by atoms with van der Waals surface area (Å²) in [4.78, 5) is 12.0. The van der Waals surface area contributed by atoms with Crippen molar-refractivity contribution < 1.29 is 13.9 Å². The maximum atomic E-state index is 12.0. The number of methoxy groups -OCH3 is 1. The van der Waals surface area contributed by atoms with E-state index in [0.29, 0.717) is 15.6 Å². The zero-order valence-electron chi connectivity index (χ0n) is 12.2. The maximum absolute atomic E-state index is 12.0. The van der Waals surface area contributed by atoms with E-state index < -0.39 is 5.97 Å². The van der Waals surface area contributed by atoms with E-state index in [1.807, 2.05) is 24.3 Å². The smallest absolute Gasteiger partial charge is 0.374 e. The summed E-state index contributed by atoms with van der Waals surface area (Å²) < 4.78 is 10.3. The zero-order chi connectivity index (χ0) is 16.4. The van der Waals surface area contributed by atoms with E-state index >= 15 is 0 Å². The molecular formula is C18H12Cl2O3. The number of benzene rings is 2. The summed E-state index contributed by atoms with van der Waals surface area (Å²) in [7, 11) is 1.32. The van der Waals surface area contributed by atoms with E-state index in [9.17, 15) is 4.79 Å². The molecule has 0 N–H and O–H groups in total. The topological polar surface area (TPSA) is 39.4 Å². The van der Waals surface area contributed by atoms with Crippen molar-refractivity contribution in [1.82, 2.24) is 0 Å². The Balaban J connectivity index is 2.20. The summed E-state index contributed by atoms with van der Waals surface area (Å²) in [5.74, 6) is -0.380. The highest BCUT2D eigenvalue weighted by Crippen LogP contribution is 2.37. The van der Waals surface area contributed by atoms with Gasteiger partial charge >= 0.3 is 5.97 Å². The van der Waals surface area contributed by atoms with Gasteiger partial charge in [-0.05, 0) is 35.4 Å². The first-order valence-corrected chi connectivity index (χ1v) is 7.57. The van der Waals surface area contributed by atoms with E-state index in [2.05, 4.69) is 0 Å². The lowest BCUT2D eigenvalue weighted by Crippen LogP contribution is -2.01. The van der Waals surface area contributed by atoms with E-state index in [1.54, 1.807) is 30.5 Å². The van der Waals surface area contributed by atoms with Gasteiger partial charge in [0.15, 0.2) is 0 Å². The third-order valence-electron chi connectivity index (χ3n) is 3.45. The van der Waals surface area contributed by atoms with Gasteiger partial charge in [-0.1, -0.05) is 47.5 Å². The molecule has 5 heteroatoms. The second kappa shape index (κ2) is 6.49. The van der Waals surface area contributed by atoms with Crippen LogP contribution in [0.2, 0.25) is 10.0 Å². The number of hydrogen-bond acceptors (Lipinski definition) is 3. The van der Waals surface area contributed by atoms with Gasteiger partial charge in [-0.3, -0.25) is 0 Å². The summed E-state index contributed by atoms with van der Waals surface area (Å²) in [5.41, 5.74) is 3.15. The third kappa shape index (κ3) is 3.11. The first-order chi connectivity index (χ1) is 11.1. The number of halogens is 2. The molecule has 0 saturated carbocycles. The van der Waals surface area contributed by atoms with Crippen molar-refractivity contribution in [3.8, 4) is 22.3 Å². The van der Waals surface area contributed by atoms with Crippen molar-refractivity contribution in [2.24, 2.45) is 0 Å². The summed E-state index contributed by atoms with van der Waals surface area (Å²) in [5, 5.41) is 1.25. The van der Waals surface area contributed by atoms with Crippen LogP contribution in [-0.4, -0.2) is 13.1 Å². The molecular weight excluding hydrogens is 335 g/mol. The van der Waals surface area contributed by atoms with Crippen LogP contribution in [-0.2, 0) is 4.74 Å². The zero-order valence-corrected chi connectivity index (χ0v) is 13.7. The summed E-state index contributed by atoms with van der Waals surface area (Å²) >= 11 is 11.9. The lowest BCUT2D eigenvalue weighted by molar-refractivity contribution is 0.0566. The minimum Gasteiger partial charge on any atom is -0.463 e. The van der Waals surface area contributed by atoms with Crippen LogP contribution in [0.1, 0.15) is 10.6 Å². The van der Waals surface area contributed by atoms with E-state index in [1.165, 1.54) is 7.11 Å². The number of carbonyl (C=O) groups is 1. The van der Waals surface area contributed by atoms with Crippen LogP contribution in [0.15, 0.2) is 59.2 Å². The highest BCUT2D eigenvalue weighted by molar-refractivity contribution is 6.31. The Bertz CT molecular complexity index is 834. The molecule has 0 amide bonds. The van der Waals surface area contributed by atoms with E-state index in [0.717, 1.165) is 16.7 Å². The second-order valence-corrected chi connectivity index (χ2v) is 5.73. The van der Waals surface area contributed by atoms with Gasteiger partial charge in [0, 0.05) is 21.2 Å². The molecule has 0 aliphatic heterocycles. The molecule has 1 aromatic heterocycles. The molecule has 1 heterocycles. The van der Waals surface area contributed by atoms with Crippen molar-refractivity contribution in [1.29, 1.82) is 0 Å². The molecule has 3 rings (SSSR count). The normalized spacial score (nSPS) is 10.6. The van der Waals surface area contributed by atoms with Crippen LogP contribution < -0.4 is 0 Å². The lowest BCUT2D eigenvalue weighted by Gasteiger charge is -2.06. The number of carbonyl (C=O) groups excluding carboxylic acids is 1. The van der Waals surface area contributed by atoms with Crippen molar-refractivity contribution >= 4 is 29.2 Å². The first kappa shape index (κ1) is 15.7. The number of rotatable bonds is 3. The molecule has 0 saturated heterocycles. The molecule has 0 radical (unpaired) electrons. The predicted molar refractivity (Wildman–Crippen MR) is 90.9 cm³/mol. The van der Waals surface area contributed by atoms with Crippen molar-refractivity contribution in [2.75, 3.05) is 7.11 Å². The monoisotopic (exact) mass is 346 g/mol. The Labute approximate surface area is 143 Å². The summed E-state index contributed by atoms with van der Waals surface area (Å²) in [6, 6.07) is 14.5. The molecule has 3 nitrogen and oxygen atoms in total. The first-order valence-electron chi connectivity index (χ1n) is 6.82. The maximum Gasteiger partial charge on any atom is 0.374 e. The van der Waals surface area contributed by atoms with Crippen LogP contribution in [0, 0.1) is 0 Å². The molecule has 0 atom stereocenters. The molecule has 116 valence electrons.